The average Bonchev–Trinajstić information content (AvgIpc) is 3.12. The number of benzene rings is 1. The molecule has 0 spiro atoms. The Balaban J connectivity index is 1.59. The molecule has 3 atom stereocenters. The SMILES string of the molecule is C[C@@H]1C[C@@H](C)CN(c2nc3ccccn3c(=O)c2/C=C2/SC(=S)N([C@H](C)c3ccccc3)C2=O)C1. The molecule has 3 aromatic rings. The third-order valence-electron chi connectivity index (χ3n) is 6.69. The molecule has 0 bridgehead atoms. The molecular weight excluding hydrogens is 476 g/mol. The number of piperidine rings is 1. The molecule has 2 aliphatic rings. The zero-order valence-corrected chi connectivity index (χ0v) is 21.7. The molecule has 2 saturated heterocycles. The highest BCUT2D eigenvalue weighted by Crippen LogP contribution is 2.38. The van der Waals surface area contributed by atoms with Gasteiger partial charge in [-0.15, -0.1) is 0 Å². The Hall–Kier alpha value is -2.97. The Kier molecular flexibility index (Phi) is 6.51. The van der Waals surface area contributed by atoms with E-state index in [4.69, 9.17) is 17.2 Å². The number of pyridine rings is 1. The Labute approximate surface area is 214 Å². The summed E-state index contributed by atoms with van der Waals surface area (Å²) in [6, 6.07) is 15.2. The number of thioether (sulfide) groups is 1. The fourth-order valence-corrected chi connectivity index (χ4v) is 6.52. The number of aromatic nitrogens is 2. The van der Waals surface area contributed by atoms with Gasteiger partial charge < -0.3 is 4.90 Å². The van der Waals surface area contributed by atoms with Crippen molar-refractivity contribution in [3.8, 4) is 0 Å². The normalized spacial score (nSPS) is 22.9. The summed E-state index contributed by atoms with van der Waals surface area (Å²) < 4.78 is 2.03. The van der Waals surface area contributed by atoms with Gasteiger partial charge in [-0.2, -0.15) is 0 Å². The number of hydrogen-bond donors (Lipinski definition) is 0. The average molecular weight is 505 g/mol. The fraction of sp³-hybridized carbons (Fsp3) is 0.333. The molecule has 180 valence electrons. The predicted octanol–water partition coefficient (Wildman–Crippen LogP) is 5.14. The summed E-state index contributed by atoms with van der Waals surface area (Å²) >= 11 is 6.85. The van der Waals surface area contributed by atoms with E-state index < -0.39 is 0 Å². The molecule has 5 rings (SSSR count). The van der Waals surface area contributed by atoms with E-state index in [2.05, 4.69) is 18.7 Å². The van der Waals surface area contributed by atoms with Crippen LogP contribution in [0.4, 0.5) is 5.82 Å². The number of anilines is 1. The van der Waals surface area contributed by atoms with Crippen molar-refractivity contribution in [3.63, 3.8) is 0 Å². The maximum Gasteiger partial charge on any atom is 0.267 e. The van der Waals surface area contributed by atoms with Crippen LogP contribution in [0.3, 0.4) is 0 Å². The number of carbonyl (C=O) groups excluding carboxylic acids is 1. The second-order valence-corrected chi connectivity index (χ2v) is 11.2. The van der Waals surface area contributed by atoms with Crippen molar-refractivity contribution in [2.75, 3.05) is 18.0 Å². The smallest absolute Gasteiger partial charge is 0.267 e. The topological polar surface area (TPSA) is 57.9 Å². The minimum atomic E-state index is -0.200. The summed E-state index contributed by atoms with van der Waals surface area (Å²) in [5.41, 5.74) is 1.86. The molecule has 35 heavy (non-hydrogen) atoms. The van der Waals surface area contributed by atoms with Gasteiger partial charge in [-0.25, -0.2) is 4.98 Å². The third kappa shape index (κ3) is 4.52. The highest BCUT2D eigenvalue weighted by Gasteiger charge is 2.37. The lowest BCUT2D eigenvalue weighted by molar-refractivity contribution is -0.123. The van der Waals surface area contributed by atoms with Crippen LogP contribution in [0.5, 0.6) is 0 Å². The summed E-state index contributed by atoms with van der Waals surface area (Å²) in [5.74, 6) is 1.45. The largest absolute Gasteiger partial charge is 0.355 e. The molecular formula is C27H28N4O2S2. The molecule has 2 aromatic heterocycles. The highest BCUT2D eigenvalue weighted by atomic mass is 32.2. The van der Waals surface area contributed by atoms with Crippen LogP contribution in [0.2, 0.25) is 0 Å². The number of thiocarbonyl (C=S) groups is 1. The van der Waals surface area contributed by atoms with Gasteiger partial charge in [0.25, 0.3) is 11.5 Å². The van der Waals surface area contributed by atoms with Crippen LogP contribution < -0.4 is 10.5 Å². The quantitative estimate of drug-likeness (QED) is 0.362. The molecule has 1 amide bonds. The summed E-state index contributed by atoms with van der Waals surface area (Å²) in [6.07, 6.45) is 4.56. The first-order valence-corrected chi connectivity index (χ1v) is 13.1. The van der Waals surface area contributed by atoms with E-state index in [-0.39, 0.29) is 17.5 Å². The van der Waals surface area contributed by atoms with E-state index in [1.807, 2.05) is 55.5 Å². The number of hydrogen-bond acceptors (Lipinski definition) is 6. The Bertz CT molecular complexity index is 1370. The van der Waals surface area contributed by atoms with Gasteiger partial charge in [0.15, 0.2) is 0 Å². The Morgan fingerprint density at radius 1 is 1.06 bits per heavy atom. The number of fused-ring (bicyclic) bond motifs is 1. The predicted molar refractivity (Wildman–Crippen MR) is 146 cm³/mol. The van der Waals surface area contributed by atoms with Crippen molar-refractivity contribution < 1.29 is 4.79 Å². The van der Waals surface area contributed by atoms with Crippen LogP contribution in [0.25, 0.3) is 11.7 Å². The molecule has 4 heterocycles. The van der Waals surface area contributed by atoms with Crippen LogP contribution in [-0.2, 0) is 4.79 Å². The molecule has 6 nitrogen and oxygen atoms in total. The van der Waals surface area contributed by atoms with Crippen molar-refractivity contribution >= 4 is 51.7 Å². The van der Waals surface area contributed by atoms with Gasteiger partial charge in [-0.05, 0) is 49.0 Å². The van der Waals surface area contributed by atoms with E-state index in [9.17, 15) is 9.59 Å². The minimum absolute atomic E-state index is 0.180. The Morgan fingerprint density at radius 2 is 1.74 bits per heavy atom. The standard InChI is InChI=1S/C27H28N4O2S2/c1-17-13-18(2)16-29(15-17)24-21(25(32)30-12-8-7-11-23(30)28-24)14-22-26(33)31(27(34)35-22)19(3)20-9-5-4-6-10-20/h4-12,14,17-19H,13,15-16H2,1-3H3/b22-14+/t17-,18-,19-/m1/s1. The molecule has 0 aliphatic carbocycles. The van der Waals surface area contributed by atoms with Gasteiger partial charge in [-0.1, -0.05) is 74.2 Å². The van der Waals surface area contributed by atoms with E-state index in [1.165, 1.54) is 11.8 Å². The first kappa shape index (κ1) is 23.8. The monoisotopic (exact) mass is 504 g/mol. The van der Waals surface area contributed by atoms with E-state index in [1.54, 1.807) is 21.6 Å². The summed E-state index contributed by atoms with van der Waals surface area (Å²) in [4.78, 5) is 36.3. The van der Waals surface area contributed by atoms with Crippen molar-refractivity contribution in [2.24, 2.45) is 11.8 Å². The summed E-state index contributed by atoms with van der Waals surface area (Å²) in [7, 11) is 0. The zero-order chi connectivity index (χ0) is 24.7. The third-order valence-corrected chi connectivity index (χ3v) is 8.02. The van der Waals surface area contributed by atoms with Crippen molar-refractivity contribution in [1.29, 1.82) is 0 Å². The second kappa shape index (κ2) is 9.59. The lowest BCUT2D eigenvalue weighted by Gasteiger charge is -2.36. The number of carbonyl (C=O) groups is 1. The number of amides is 1. The molecule has 2 aliphatic heterocycles. The van der Waals surface area contributed by atoms with Crippen LogP contribution in [-0.4, -0.2) is 37.6 Å². The van der Waals surface area contributed by atoms with E-state index in [0.29, 0.717) is 38.1 Å². The molecule has 8 heteroatoms. The molecule has 0 radical (unpaired) electrons. The maximum atomic E-state index is 13.7. The number of rotatable bonds is 4. The van der Waals surface area contributed by atoms with Crippen LogP contribution in [0, 0.1) is 11.8 Å². The van der Waals surface area contributed by atoms with Gasteiger partial charge >= 0.3 is 0 Å². The van der Waals surface area contributed by atoms with Crippen LogP contribution >= 0.6 is 24.0 Å². The summed E-state index contributed by atoms with van der Waals surface area (Å²) in [6.45, 7) is 8.08. The van der Waals surface area contributed by atoms with Crippen LogP contribution in [0.15, 0.2) is 64.4 Å². The van der Waals surface area contributed by atoms with Gasteiger partial charge in [0.05, 0.1) is 16.5 Å². The number of nitrogens with zero attached hydrogens (tertiary/aromatic N) is 4. The van der Waals surface area contributed by atoms with Gasteiger partial charge in [0.2, 0.25) is 0 Å². The van der Waals surface area contributed by atoms with Gasteiger partial charge in [0, 0.05) is 19.3 Å². The lowest BCUT2D eigenvalue weighted by atomic mass is 9.91. The second-order valence-electron chi connectivity index (χ2n) is 9.57. The van der Waals surface area contributed by atoms with Crippen molar-refractivity contribution in [1.82, 2.24) is 14.3 Å². The van der Waals surface area contributed by atoms with Crippen LogP contribution in [0.1, 0.15) is 44.4 Å². The molecule has 0 unspecified atom stereocenters. The first-order chi connectivity index (χ1) is 16.8. The molecule has 0 N–H and O–H groups in total. The molecule has 0 saturated carbocycles. The first-order valence-electron chi connectivity index (χ1n) is 11.9. The summed E-state index contributed by atoms with van der Waals surface area (Å²) in [5, 5.41) is 0. The molecule has 1 aromatic carbocycles. The van der Waals surface area contributed by atoms with E-state index in [0.717, 1.165) is 25.1 Å². The van der Waals surface area contributed by atoms with Gasteiger partial charge in [-0.3, -0.25) is 18.9 Å². The Morgan fingerprint density at radius 3 is 2.46 bits per heavy atom. The fourth-order valence-electron chi connectivity index (χ4n) is 5.12. The molecule has 2 fully saturated rings. The van der Waals surface area contributed by atoms with Crippen molar-refractivity contribution in [2.45, 2.75) is 33.2 Å². The minimum Gasteiger partial charge on any atom is -0.355 e. The van der Waals surface area contributed by atoms with E-state index >= 15 is 0 Å². The maximum absolute atomic E-state index is 13.7. The van der Waals surface area contributed by atoms with Gasteiger partial charge in [0.1, 0.15) is 15.8 Å². The lowest BCUT2D eigenvalue weighted by Crippen LogP contribution is -2.40. The zero-order valence-electron chi connectivity index (χ0n) is 20.0. The van der Waals surface area contributed by atoms with Crippen molar-refractivity contribution in [3.05, 3.63) is 81.1 Å². The highest BCUT2D eigenvalue weighted by molar-refractivity contribution is 8.26.